The fourth-order valence-electron chi connectivity index (χ4n) is 2.61. The van der Waals surface area contributed by atoms with E-state index in [0.29, 0.717) is 16.7 Å². The number of H-pyrrole nitrogens is 1. The standard InChI is InChI=1S/C23H26FN3O2S/c1-23(2,3)17-7-11-20(12-8-17)29-14-19(28)15-30-22-25-21(26-27-22)13-6-16-4-9-18(24)10-5-16/h4-13,19,28H,14-15H2,1-3H3,(H,25,26,27). The Morgan fingerprint density at radius 2 is 1.80 bits per heavy atom. The number of hydrogen-bond donors (Lipinski definition) is 2. The molecule has 0 aliphatic carbocycles. The number of ether oxygens (including phenoxy) is 1. The Kier molecular flexibility index (Phi) is 7.29. The van der Waals surface area contributed by atoms with Crippen molar-refractivity contribution in [2.75, 3.05) is 12.4 Å². The summed E-state index contributed by atoms with van der Waals surface area (Å²) >= 11 is 1.35. The predicted molar refractivity (Wildman–Crippen MR) is 119 cm³/mol. The van der Waals surface area contributed by atoms with E-state index in [-0.39, 0.29) is 17.8 Å². The van der Waals surface area contributed by atoms with Crippen LogP contribution in [0.15, 0.2) is 53.7 Å². The molecule has 0 saturated carbocycles. The fourth-order valence-corrected chi connectivity index (χ4v) is 3.32. The van der Waals surface area contributed by atoms with Crippen LogP contribution in [0, 0.1) is 5.82 Å². The molecule has 2 N–H and O–H groups in total. The van der Waals surface area contributed by atoms with Gasteiger partial charge in [-0.1, -0.05) is 62.9 Å². The highest BCUT2D eigenvalue weighted by atomic mass is 32.2. The summed E-state index contributed by atoms with van der Waals surface area (Å²) < 4.78 is 18.6. The second-order valence-electron chi connectivity index (χ2n) is 7.94. The van der Waals surface area contributed by atoms with Crippen molar-refractivity contribution in [3.63, 3.8) is 0 Å². The van der Waals surface area contributed by atoms with Gasteiger partial charge in [-0.15, -0.1) is 5.10 Å². The van der Waals surface area contributed by atoms with Gasteiger partial charge in [0.2, 0.25) is 5.16 Å². The van der Waals surface area contributed by atoms with Crippen molar-refractivity contribution >= 4 is 23.9 Å². The highest BCUT2D eigenvalue weighted by molar-refractivity contribution is 7.99. The van der Waals surface area contributed by atoms with Gasteiger partial charge in [-0.25, -0.2) is 9.37 Å². The van der Waals surface area contributed by atoms with Crippen molar-refractivity contribution in [3.05, 3.63) is 71.3 Å². The number of rotatable bonds is 8. The molecule has 0 aliphatic rings. The maximum atomic E-state index is 12.9. The average Bonchev–Trinajstić information content (AvgIpc) is 3.18. The largest absolute Gasteiger partial charge is 0.491 e. The minimum Gasteiger partial charge on any atom is -0.491 e. The summed E-state index contributed by atoms with van der Waals surface area (Å²) in [6.07, 6.45) is 2.95. The SMILES string of the molecule is CC(C)(C)c1ccc(OCC(O)CSc2n[nH]c(C=Cc3ccc(F)cc3)n2)cc1. The lowest BCUT2D eigenvalue weighted by atomic mass is 9.87. The van der Waals surface area contributed by atoms with E-state index in [1.165, 1.54) is 29.5 Å². The Labute approximate surface area is 180 Å². The fraction of sp³-hybridized carbons (Fsp3) is 0.304. The summed E-state index contributed by atoms with van der Waals surface area (Å²) in [5.74, 6) is 1.47. The highest BCUT2D eigenvalue weighted by Gasteiger charge is 2.13. The maximum Gasteiger partial charge on any atom is 0.208 e. The number of aliphatic hydroxyl groups is 1. The quantitative estimate of drug-likeness (QED) is 0.498. The monoisotopic (exact) mass is 427 g/mol. The molecule has 3 rings (SSSR count). The first kappa shape index (κ1) is 22.1. The van der Waals surface area contributed by atoms with Crippen LogP contribution in [0.3, 0.4) is 0 Å². The third-order valence-corrected chi connectivity index (χ3v) is 5.35. The van der Waals surface area contributed by atoms with Crippen LogP contribution in [0.5, 0.6) is 5.75 Å². The van der Waals surface area contributed by atoms with Crippen molar-refractivity contribution < 1.29 is 14.2 Å². The molecule has 3 aromatic rings. The molecule has 0 aliphatic heterocycles. The van der Waals surface area contributed by atoms with Crippen molar-refractivity contribution in [1.82, 2.24) is 15.2 Å². The zero-order valence-corrected chi connectivity index (χ0v) is 18.1. The number of nitrogens with zero attached hydrogens (tertiary/aromatic N) is 2. The van der Waals surface area contributed by atoms with Gasteiger partial charge in [0.1, 0.15) is 24.0 Å². The van der Waals surface area contributed by atoms with E-state index in [4.69, 9.17) is 4.74 Å². The number of halogens is 1. The van der Waals surface area contributed by atoms with E-state index >= 15 is 0 Å². The first-order valence-corrected chi connectivity index (χ1v) is 10.7. The molecule has 1 heterocycles. The minimum atomic E-state index is -0.644. The highest BCUT2D eigenvalue weighted by Crippen LogP contribution is 2.24. The molecule has 1 aromatic heterocycles. The Morgan fingerprint density at radius 1 is 1.10 bits per heavy atom. The van der Waals surface area contributed by atoms with Gasteiger partial charge in [0.25, 0.3) is 0 Å². The molecule has 0 radical (unpaired) electrons. The van der Waals surface area contributed by atoms with E-state index in [1.54, 1.807) is 18.2 Å². The lowest BCUT2D eigenvalue weighted by molar-refractivity contribution is 0.126. The zero-order chi connectivity index (χ0) is 21.6. The van der Waals surface area contributed by atoms with Gasteiger partial charge in [0.05, 0.1) is 6.10 Å². The van der Waals surface area contributed by atoms with Crippen LogP contribution < -0.4 is 4.74 Å². The molecule has 0 saturated heterocycles. The molecular formula is C23H26FN3O2S. The number of nitrogens with one attached hydrogen (secondary N) is 1. The molecule has 0 bridgehead atoms. The molecule has 2 aromatic carbocycles. The van der Waals surface area contributed by atoms with Gasteiger partial charge >= 0.3 is 0 Å². The van der Waals surface area contributed by atoms with Gasteiger partial charge < -0.3 is 9.84 Å². The van der Waals surface area contributed by atoms with Crippen LogP contribution >= 0.6 is 11.8 Å². The number of hydrogen-bond acceptors (Lipinski definition) is 5. The molecule has 0 fully saturated rings. The van der Waals surface area contributed by atoms with E-state index in [2.05, 4.69) is 36.0 Å². The van der Waals surface area contributed by atoms with E-state index < -0.39 is 6.10 Å². The van der Waals surface area contributed by atoms with E-state index in [9.17, 15) is 9.50 Å². The van der Waals surface area contributed by atoms with Crippen LogP contribution in [-0.2, 0) is 5.41 Å². The van der Waals surface area contributed by atoms with Crippen LogP contribution in [0.1, 0.15) is 37.7 Å². The predicted octanol–water partition coefficient (Wildman–Crippen LogP) is 4.94. The van der Waals surface area contributed by atoms with Crippen LogP contribution in [0.2, 0.25) is 0 Å². The molecule has 30 heavy (non-hydrogen) atoms. The summed E-state index contributed by atoms with van der Waals surface area (Å²) in [5, 5.41) is 17.7. The van der Waals surface area contributed by atoms with Crippen molar-refractivity contribution in [1.29, 1.82) is 0 Å². The Morgan fingerprint density at radius 3 is 2.47 bits per heavy atom. The number of thioether (sulfide) groups is 1. The van der Waals surface area contributed by atoms with Crippen molar-refractivity contribution in [3.8, 4) is 5.75 Å². The van der Waals surface area contributed by atoms with Gasteiger partial charge in [0.15, 0.2) is 0 Å². The average molecular weight is 428 g/mol. The van der Waals surface area contributed by atoms with E-state index in [0.717, 1.165) is 11.3 Å². The number of aliphatic hydroxyl groups excluding tert-OH is 1. The van der Waals surface area contributed by atoms with Crippen LogP contribution in [-0.4, -0.2) is 38.8 Å². The van der Waals surface area contributed by atoms with Crippen molar-refractivity contribution in [2.45, 2.75) is 37.4 Å². The summed E-state index contributed by atoms with van der Waals surface area (Å²) in [4.78, 5) is 4.35. The summed E-state index contributed by atoms with van der Waals surface area (Å²) in [6.45, 7) is 6.69. The van der Waals surface area contributed by atoms with Gasteiger partial charge in [-0.05, 0) is 46.9 Å². The molecule has 0 amide bonds. The number of aromatic amines is 1. The summed E-state index contributed by atoms with van der Waals surface area (Å²) in [5.41, 5.74) is 2.20. The maximum absolute atomic E-state index is 12.9. The summed E-state index contributed by atoms with van der Waals surface area (Å²) in [6, 6.07) is 14.1. The van der Waals surface area contributed by atoms with Gasteiger partial charge in [-0.3, -0.25) is 5.10 Å². The van der Waals surface area contributed by atoms with Gasteiger partial charge in [0, 0.05) is 5.75 Å². The molecular weight excluding hydrogens is 401 g/mol. The molecule has 0 spiro atoms. The Bertz CT molecular complexity index is 963. The third kappa shape index (κ3) is 6.71. The van der Waals surface area contributed by atoms with E-state index in [1.807, 2.05) is 30.3 Å². The summed E-state index contributed by atoms with van der Waals surface area (Å²) in [7, 11) is 0. The van der Waals surface area contributed by atoms with Crippen molar-refractivity contribution in [2.24, 2.45) is 0 Å². The Balaban J connectivity index is 1.43. The third-order valence-electron chi connectivity index (χ3n) is 4.35. The second-order valence-corrected chi connectivity index (χ2v) is 8.93. The lowest BCUT2D eigenvalue weighted by Gasteiger charge is -2.19. The van der Waals surface area contributed by atoms with Crippen LogP contribution in [0.25, 0.3) is 12.2 Å². The molecule has 1 unspecified atom stereocenters. The first-order chi connectivity index (χ1) is 14.3. The Hall–Kier alpha value is -2.64. The normalized spacial score (nSPS) is 13.0. The first-order valence-electron chi connectivity index (χ1n) is 9.70. The number of aromatic nitrogens is 3. The zero-order valence-electron chi connectivity index (χ0n) is 17.3. The lowest BCUT2D eigenvalue weighted by Crippen LogP contribution is -2.20. The smallest absolute Gasteiger partial charge is 0.208 e. The topological polar surface area (TPSA) is 71.0 Å². The van der Waals surface area contributed by atoms with Crippen LogP contribution in [0.4, 0.5) is 4.39 Å². The minimum absolute atomic E-state index is 0.0955. The molecule has 5 nitrogen and oxygen atoms in total. The molecule has 1 atom stereocenters. The molecule has 158 valence electrons. The number of benzene rings is 2. The second kappa shape index (κ2) is 9.91. The van der Waals surface area contributed by atoms with Gasteiger partial charge in [-0.2, -0.15) is 0 Å². The molecule has 7 heteroatoms.